The predicted molar refractivity (Wildman–Crippen MR) is 90.9 cm³/mol. The molecule has 3 aliphatic rings. The summed E-state index contributed by atoms with van der Waals surface area (Å²) in [5, 5.41) is 4.06. The maximum Gasteiger partial charge on any atom is 0.292 e. The monoisotopic (exact) mass is 335 g/mol. The smallest absolute Gasteiger partial charge is 0.292 e. The van der Waals surface area contributed by atoms with Crippen LogP contribution in [0, 0.1) is 11.8 Å². The molecule has 2 atom stereocenters. The van der Waals surface area contributed by atoms with Crippen molar-refractivity contribution in [2.24, 2.45) is 11.8 Å². The zero-order chi connectivity index (χ0) is 17.1. The summed E-state index contributed by atoms with van der Waals surface area (Å²) in [5.41, 5.74) is 0.868. The number of fused-ring (bicyclic) bond motifs is 4. The molecule has 4 heterocycles. The van der Waals surface area contributed by atoms with Crippen molar-refractivity contribution in [2.75, 3.05) is 39.9 Å². The van der Waals surface area contributed by atoms with Crippen molar-refractivity contribution in [3.8, 4) is 0 Å². The van der Waals surface area contributed by atoms with Crippen LogP contribution in [0.25, 0.3) is 0 Å². The Hall–Kier alpha value is -1.40. The topological polar surface area (TPSA) is 58.8 Å². The van der Waals surface area contributed by atoms with Gasteiger partial charge in [-0.3, -0.25) is 9.69 Å². The lowest BCUT2D eigenvalue weighted by atomic mass is 9.95. The molecule has 24 heavy (non-hydrogen) atoms. The number of hydrogen-bond acceptors (Lipinski definition) is 5. The molecule has 2 bridgehead atoms. The van der Waals surface area contributed by atoms with E-state index in [0.29, 0.717) is 23.6 Å². The van der Waals surface area contributed by atoms with E-state index in [1.54, 1.807) is 7.11 Å². The van der Waals surface area contributed by atoms with E-state index in [4.69, 9.17) is 9.26 Å². The van der Waals surface area contributed by atoms with Crippen molar-refractivity contribution in [1.29, 1.82) is 0 Å². The first-order valence-electron chi connectivity index (χ1n) is 9.04. The molecule has 0 aliphatic carbocycles. The predicted octanol–water partition coefficient (Wildman–Crippen LogP) is 2.06. The largest absolute Gasteiger partial charge is 0.383 e. The summed E-state index contributed by atoms with van der Waals surface area (Å²) in [6, 6.07) is 2.25. The van der Waals surface area contributed by atoms with Gasteiger partial charge in [0.25, 0.3) is 5.91 Å². The Bertz CT molecular complexity index is 557. The Morgan fingerprint density at radius 1 is 1.38 bits per heavy atom. The van der Waals surface area contributed by atoms with E-state index in [1.807, 2.05) is 11.0 Å². The van der Waals surface area contributed by atoms with Crippen molar-refractivity contribution >= 4 is 5.91 Å². The van der Waals surface area contributed by atoms with Crippen LogP contribution in [0.2, 0.25) is 0 Å². The third-order valence-corrected chi connectivity index (χ3v) is 5.08. The molecule has 0 unspecified atom stereocenters. The molecule has 1 aromatic heterocycles. The molecule has 0 saturated carbocycles. The quantitative estimate of drug-likeness (QED) is 0.796. The van der Waals surface area contributed by atoms with Crippen LogP contribution in [0.5, 0.6) is 0 Å². The van der Waals surface area contributed by atoms with Crippen LogP contribution >= 0.6 is 0 Å². The van der Waals surface area contributed by atoms with E-state index in [9.17, 15) is 4.79 Å². The van der Waals surface area contributed by atoms with Crippen LogP contribution in [0.15, 0.2) is 10.6 Å². The molecule has 134 valence electrons. The number of carbonyl (C=O) groups is 1. The average molecular weight is 335 g/mol. The highest BCUT2D eigenvalue weighted by atomic mass is 16.5. The van der Waals surface area contributed by atoms with Crippen molar-refractivity contribution < 1.29 is 14.1 Å². The molecule has 0 N–H and O–H groups in total. The molecule has 0 spiro atoms. The summed E-state index contributed by atoms with van der Waals surface area (Å²) in [6.45, 7) is 8.62. The van der Waals surface area contributed by atoms with Gasteiger partial charge >= 0.3 is 0 Å². The Labute approximate surface area is 144 Å². The summed E-state index contributed by atoms with van der Waals surface area (Å²) in [5.74, 6) is 1.42. The highest BCUT2D eigenvalue weighted by molar-refractivity contribution is 5.91. The maximum atomic E-state index is 12.8. The third-order valence-electron chi connectivity index (χ3n) is 5.08. The Morgan fingerprint density at radius 2 is 2.21 bits per heavy atom. The minimum atomic E-state index is -0.0111. The number of nitrogens with zero attached hydrogens (tertiary/aromatic N) is 3. The number of hydrogen-bond donors (Lipinski definition) is 0. The van der Waals surface area contributed by atoms with Crippen molar-refractivity contribution in [1.82, 2.24) is 15.0 Å². The fraction of sp³-hybridized carbons (Fsp3) is 0.778. The molecule has 1 aromatic rings. The zero-order valence-corrected chi connectivity index (χ0v) is 15.0. The number of aromatic nitrogens is 1. The van der Waals surface area contributed by atoms with Crippen LogP contribution in [0.4, 0.5) is 0 Å². The summed E-state index contributed by atoms with van der Waals surface area (Å²) in [4.78, 5) is 17.3. The Morgan fingerprint density at radius 3 is 2.96 bits per heavy atom. The molecule has 3 saturated heterocycles. The third kappa shape index (κ3) is 3.98. The fourth-order valence-electron chi connectivity index (χ4n) is 3.91. The van der Waals surface area contributed by atoms with Crippen LogP contribution < -0.4 is 0 Å². The van der Waals surface area contributed by atoms with Gasteiger partial charge in [-0.2, -0.15) is 0 Å². The molecule has 3 aliphatic heterocycles. The lowest BCUT2D eigenvalue weighted by molar-refractivity contribution is 0.0680. The molecule has 3 fully saturated rings. The van der Waals surface area contributed by atoms with E-state index in [2.05, 4.69) is 23.9 Å². The summed E-state index contributed by atoms with van der Waals surface area (Å²) in [7, 11) is 1.74. The second-order valence-electron chi connectivity index (χ2n) is 7.58. The second-order valence-corrected chi connectivity index (χ2v) is 7.58. The normalized spacial score (nSPS) is 24.6. The minimum absolute atomic E-state index is 0.0111. The lowest BCUT2D eigenvalue weighted by Crippen LogP contribution is -2.45. The van der Waals surface area contributed by atoms with Gasteiger partial charge in [0.15, 0.2) is 0 Å². The fourth-order valence-corrected chi connectivity index (χ4v) is 3.91. The first kappa shape index (κ1) is 17.4. The summed E-state index contributed by atoms with van der Waals surface area (Å²) >= 11 is 0. The number of methoxy groups -OCH3 is 1. The first-order valence-corrected chi connectivity index (χ1v) is 9.04. The number of rotatable bonds is 6. The van der Waals surface area contributed by atoms with Gasteiger partial charge < -0.3 is 14.2 Å². The summed E-state index contributed by atoms with van der Waals surface area (Å²) < 4.78 is 10.6. The Balaban J connectivity index is 1.66. The molecular weight excluding hydrogens is 306 g/mol. The average Bonchev–Trinajstić information content (AvgIpc) is 2.81. The molecule has 6 nitrogen and oxygen atoms in total. The number of amides is 1. The second kappa shape index (κ2) is 7.66. The molecular formula is C18H29N3O3. The highest BCUT2D eigenvalue weighted by Crippen LogP contribution is 2.28. The van der Waals surface area contributed by atoms with Gasteiger partial charge in [0.05, 0.1) is 12.3 Å². The van der Waals surface area contributed by atoms with Crippen molar-refractivity contribution in [3.63, 3.8) is 0 Å². The molecule has 4 rings (SSSR count). The van der Waals surface area contributed by atoms with Crippen LogP contribution in [-0.4, -0.2) is 66.8 Å². The van der Waals surface area contributed by atoms with Gasteiger partial charge in [0.1, 0.15) is 0 Å². The van der Waals surface area contributed by atoms with Crippen LogP contribution in [0.1, 0.15) is 42.9 Å². The van der Waals surface area contributed by atoms with Crippen molar-refractivity contribution in [2.45, 2.75) is 39.2 Å². The standard InChI is InChI=1S/C18H29N3O3/c1-13(2)8-15-9-17(24-19-15)18(22)21-11-14-4-5-16(12-21)20(10-14)6-7-23-3/h9,13-14,16H,4-8,10-12H2,1-3H3/t14-,16-/m1/s1. The van der Waals surface area contributed by atoms with E-state index in [0.717, 1.165) is 51.3 Å². The minimum Gasteiger partial charge on any atom is -0.383 e. The Kier molecular flexibility index (Phi) is 5.56. The van der Waals surface area contributed by atoms with Crippen LogP contribution in [0.3, 0.4) is 0 Å². The van der Waals surface area contributed by atoms with Gasteiger partial charge in [-0.05, 0) is 31.1 Å². The number of carbonyl (C=O) groups excluding carboxylic acids is 1. The van der Waals surface area contributed by atoms with E-state index in [-0.39, 0.29) is 5.91 Å². The molecule has 1 amide bonds. The number of ether oxygens (including phenoxy) is 1. The molecule has 6 heteroatoms. The van der Waals surface area contributed by atoms with Gasteiger partial charge in [0, 0.05) is 45.4 Å². The SMILES string of the molecule is COCCN1C[C@H]2CC[C@@H]1CN(C(=O)c1cc(CC(C)C)no1)C2. The van der Waals surface area contributed by atoms with Gasteiger partial charge in [0.2, 0.25) is 5.76 Å². The number of piperidine rings is 1. The van der Waals surface area contributed by atoms with Crippen molar-refractivity contribution in [3.05, 3.63) is 17.5 Å². The van der Waals surface area contributed by atoms with Gasteiger partial charge in [-0.1, -0.05) is 19.0 Å². The van der Waals surface area contributed by atoms with Gasteiger partial charge in [-0.15, -0.1) is 0 Å². The molecule has 0 aromatic carbocycles. The lowest BCUT2D eigenvalue weighted by Gasteiger charge is -2.35. The van der Waals surface area contributed by atoms with E-state index >= 15 is 0 Å². The van der Waals surface area contributed by atoms with Gasteiger partial charge in [-0.25, -0.2) is 0 Å². The first-order chi connectivity index (χ1) is 11.6. The van der Waals surface area contributed by atoms with Crippen LogP contribution in [-0.2, 0) is 11.2 Å². The van der Waals surface area contributed by atoms with E-state index < -0.39 is 0 Å². The molecule has 0 radical (unpaired) electrons. The highest BCUT2D eigenvalue weighted by Gasteiger charge is 2.37. The van der Waals surface area contributed by atoms with E-state index in [1.165, 1.54) is 6.42 Å². The maximum absolute atomic E-state index is 12.8. The zero-order valence-electron chi connectivity index (χ0n) is 15.0. The summed E-state index contributed by atoms with van der Waals surface area (Å²) in [6.07, 6.45) is 3.20.